The molecule has 0 radical (unpaired) electrons. The molecule has 0 aliphatic rings. The Balaban J connectivity index is 1.60. The molecule has 5 heteroatoms. The van der Waals surface area contributed by atoms with Crippen LogP contribution in [0.15, 0.2) is 89.8 Å². The minimum absolute atomic E-state index is 0.0547. The molecular formula is C24H17N3O2. The topological polar surface area (TPSA) is 60.9 Å². The van der Waals surface area contributed by atoms with E-state index in [0.717, 1.165) is 39.0 Å². The van der Waals surface area contributed by atoms with Crippen molar-refractivity contribution in [2.24, 2.45) is 0 Å². The van der Waals surface area contributed by atoms with Gasteiger partial charge < -0.3 is 4.52 Å². The maximum absolute atomic E-state index is 12.0. The van der Waals surface area contributed by atoms with E-state index >= 15 is 0 Å². The predicted molar refractivity (Wildman–Crippen MR) is 112 cm³/mol. The van der Waals surface area contributed by atoms with Crippen molar-refractivity contribution in [2.45, 2.75) is 6.92 Å². The first-order chi connectivity index (χ1) is 14.2. The number of Topliss-reactive ketones (excluding diaryl/α,β-unsaturated/α-hetero) is 1. The van der Waals surface area contributed by atoms with Crippen molar-refractivity contribution in [1.82, 2.24) is 14.7 Å². The zero-order chi connectivity index (χ0) is 19.8. The fourth-order valence-electron chi connectivity index (χ4n) is 3.60. The normalized spacial score (nSPS) is 11.1. The first-order valence-corrected chi connectivity index (χ1v) is 9.29. The Kier molecular flexibility index (Phi) is 4.06. The highest BCUT2D eigenvalue weighted by Gasteiger charge is 2.11. The minimum Gasteiger partial charge on any atom is -0.356 e. The van der Waals surface area contributed by atoms with Gasteiger partial charge in [0.25, 0.3) is 0 Å². The summed E-state index contributed by atoms with van der Waals surface area (Å²) in [5.74, 6) is 0.767. The summed E-state index contributed by atoms with van der Waals surface area (Å²) in [6, 6.07) is 23.6. The first-order valence-electron chi connectivity index (χ1n) is 9.29. The Morgan fingerprint density at radius 3 is 2.66 bits per heavy atom. The summed E-state index contributed by atoms with van der Waals surface area (Å²) in [6.07, 6.45) is 3.44. The van der Waals surface area contributed by atoms with Crippen LogP contribution in [-0.2, 0) is 0 Å². The van der Waals surface area contributed by atoms with Crippen molar-refractivity contribution in [3.05, 3.63) is 90.9 Å². The average molecular weight is 379 g/mol. The Morgan fingerprint density at radius 1 is 0.931 bits per heavy atom. The molecule has 0 amide bonds. The van der Waals surface area contributed by atoms with E-state index in [4.69, 9.17) is 4.52 Å². The number of carbonyl (C=O) groups is 1. The largest absolute Gasteiger partial charge is 0.356 e. The van der Waals surface area contributed by atoms with Crippen LogP contribution in [0.25, 0.3) is 39.2 Å². The molecule has 140 valence electrons. The number of rotatable bonds is 4. The minimum atomic E-state index is 0.0547. The van der Waals surface area contributed by atoms with E-state index in [1.54, 1.807) is 13.1 Å². The number of carbonyl (C=O) groups excluding carboxylic acids is 1. The number of hydrogen-bond donors (Lipinski definition) is 0. The van der Waals surface area contributed by atoms with Crippen LogP contribution in [0.1, 0.15) is 17.3 Å². The third kappa shape index (κ3) is 3.02. The van der Waals surface area contributed by atoms with Gasteiger partial charge in [0.2, 0.25) is 0 Å². The Hall–Kier alpha value is -3.99. The maximum atomic E-state index is 12.0. The highest BCUT2D eigenvalue weighted by atomic mass is 16.5. The van der Waals surface area contributed by atoms with Crippen LogP contribution < -0.4 is 0 Å². The predicted octanol–water partition coefficient (Wildman–Crippen LogP) is 5.55. The molecule has 3 aromatic carbocycles. The summed E-state index contributed by atoms with van der Waals surface area (Å²) in [5, 5.41) is 3.76. The molecule has 0 aliphatic carbocycles. The van der Waals surface area contributed by atoms with E-state index in [1.807, 2.05) is 77.6 Å². The van der Waals surface area contributed by atoms with E-state index in [0.29, 0.717) is 5.76 Å². The molecule has 29 heavy (non-hydrogen) atoms. The van der Waals surface area contributed by atoms with Crippen LogP contribution in [-0.4, -0.2) is 20.5 Å². The van der Waals surface area contributed by atoms with E-state index in [-0.39, 0.29) is 5.78 Å². The van der Waals surface area contributed by atoms with E-state index in [2.05, 4.69) is 16.2 Å². The number of hydrogen-bond acceptors (Lipinski definition) is 4. The smallest absolute Gasteiger partial charge is 0.166 e. The Bertz CT molecular complexity index is 1330. The lowest BCUT2D eigenvalue weighted by Crippen LogP contribution is -1.97. The molecule has 0 spiro atoms. The van der Waals surface area contributed by atoms with Gasteiger partial charge in [0, 0.05) is 22.9 Å². The van der Waals surface area contributed by atoms with E-state index in [9.17, 15) is 4.79 Å². The molecule has 2 aromatic heterocycles. The number of nitrogens with zero attached hydrogens (tertiary/aromatic N) is 3. The van der Waals surface area contributed by atoms with Crippen molar-refractivity contribution in [1.29, 1.82) is 0 Å². The third-order valence-electron chi connectivity index (χ3n) is 5.01. The molecule has 0 unspecified atom stereocenters. The molecule has 0 N–H and O–H groups in total. The number of benzene rings is 3. The lowest BCUT2D eigenvalue weighted by Gasteiger charge is -2.10. The highest BCUT2D eigenvalue weighted by Crippen LogP contribution is 2.29. The zero-order valence-corrected chi connectivity index (χ0v) is 15.7. The fraction of sp³-hybridized carbons (Fsp3) is 0.0417. The third-order valence-corrected chi connectivity index (χ3v) is 5.01. The summed E-state index contributed by atoms with van der Waals surface area (Å²) in [4.78, 5) is 16.6. The first kappa shape index (κ1) is 17.1. The molecular weight excluding hydrogens is 362 g/mol. The Morgan fingerprint density at radius 2 is 1.83 bits per heavy atom. The second-order valence-electron chi connectivity index (χ2n) is 6.85. The second kappa shape index (κ2) is 6.87. The van der Waals surface area contributed by atoms with Crippen LogP contribution in [0.5, 0.6) is 0 Å². The fourth-order valence-corrected chi connectivity index (χ4v) is 3.60. The Labute approximate surface area is 167 Å². The van der Waals surface area contributed by atoms with Gasteiger partial charge in [-0.3, -0.25) is 9.36 Å². The number of fused-ring (bicyclic) bond motifs is 1. The van der Waals surface area contributed by atoms with Gasteiger partial charge in [0.1, 0.15) is 6.33 Å². The molecule has 0 bridgehead atoms. The average Bonchev–Trinajstić information content (AvgIpc) is 3.43. The molecule has 2 heterocycles. The molecule has 0 saturated heterocycles. The van der Waals surface area contributed by atoms with Crippen molar-refractivity contribution in [3.8, 4) is 28.1 Å². The second-order valence-corrected chi connectivity index (χ2v) is 6.85. The monoisotopic (exact) mass is 379 g/mol. The molecule has 5 nitrogen and oxygen atoms in total. The quantitative estimate of drug-likeness (QED) is 0.384. The summed E-state index contributed by atoms with van der Waals surface area (Å²) in [6.45, 7) is 1.60. The van der Waals surface area contributed by atoms with Crippen LogP contribution in [0.4, 0.5) is 0 Å². The van der Waals surface area contributed by atoms with Gasteiger partial charge >= 0.3 is 0 Å². The molecule has 5 aromatic rings. The number of aromatic nitrogens is 3. The molecule has 0 atom stereocenters. The van der Waals surface area contributed by atoms with Gasteiger partial charge in [0.05, 0.1) is 17.2 Å². The van der Waals surface area contributed by atoms with Crippen LogP contribution >= 0.6 is 0 Å². The van der Waals surface area contributed by atoms with Crippen LogP contribution in [0.2, 0.25) is 0 Å². The summed E-state index contributed by atoms with van der Waals surface area (Å²) in [5.41, 5.74) is 6.42. The highest BCUT2D eigenvalue weighted by molar-refractivity contribution is 6.01. The van der Waals surface area contributed by atoms with Gasteiger partial charge in [-0.25, -0.2) is 4.98 Å². The lowest BCUT2D eigenvalue weighted by molar-refractivity contribution is 0.101. The van der Waals surface area contributed by atoms with Crippen molar-refractivity contribution in [3.63, 3.8) is 0 Å². The van der Waals surface area contributed by atoms with Gasteiger partial charge in [-0.15, -0.1) is 0 Å². The van der Waals surface area contributed by atoms with Crippen molar-refractivity contribution >= 4 is 16.8 Å². The summed E-state index contributed by atoms with van der Waals surface area (Å²) < 4.78 is 7.28. The van der Waals surface area contributed by atoms with Crippen molar-refractivity contribution in [2.75, 3.05) is 0 Å². The van der Waals surface area contributed by atoms with Crippen molar-refractivity contribution < 1.29 is 9.32 Å². The van der Waals surface area contributed by atoms with Crippen LogP contribution in [0, 0.1) is 0 Å². The van der Waals surface area contributed by atoms with Gasteiger partial charge in [-0.05, 0) is 48.4 Å². The number of imidazole rings is 1. The number of ketones is 1. The van der Waals surface area contributed by atoms with Crippen LogP contribution in [0.3, 0.4) is 0 Å². The van der Waals surface area contributed by atoms with Gasteiger partial charge in [0.15, 0.2) is 11.5 Å². The van der Waals surface area contributed by atoms with Gasteiger partial charge in [-0.2, -0.15) is 0 Å². The molecule has 5 rings (SSSR count). The molecule has 0 aliphatic heterocycles. The molecule has 0 fully saturated rings. The summed E-state index contributed by atoms with van der Waals surface area (Å²) in [7, 11) is 0. The zero-order valence-electron chi connectivity index (χ0n) is 15.7. The maximum Gasteiger partial charge on any atom is 0.166 e. The summed E-state index contributed by atoms with van der Waals surface area (Å²) >= 11 is 0. The SMILES string of the molecule is CC(=O)c1ccccc1-c1cccc(-n2cnc3cc(-c4ccno4)ccc32)c1. The van der Waals surface area contributed by atoms with Gasteiger partial charge in [-0.1, -0.05) is 41.6 Å². The van der Waals surface area contributed by atoms with E-state index in [1.165, 1.54) is 0 Å². The standard InChI is InChI=1S/C24H17N3O2/c1-16(28)20-7-2-3-8-21(20)17-5-4-6-19(13-17)27-15-25-22-14-18(9-10-23(22)27)24-11-12-26-29-24/h2-15H,1H3. The molecule has 0 saturated carbocycles. The van der Waals surface area contributed by atoms with E-state index < -0.39 is 0 Å². The lowest BCUT2D eigenvalue weighted by atomic mass is 9.97.